The first kappa shape index (κ1) is 26.8. The number of para-hydroxylation sites is 1. The van der Waals surface area contributed by atoms with Crippen molar-refractivity contribution in [1.82, 2.24) is 14.5 Å². The maximum Gasteiger partial charge on any atom is 0.324 e. The van der Waals surface area contributed by atoms with Gasteiger partial charge in [0.15, 0.2) is 11.2 Å². The number of Topliss-reactive ketones (excluding diaryl/α,β-unsaturated/α-hetero) is 1. The van der Waals surface area contributed by atoms with Gasteiger partial charge in [0.2, 0.25) is 0 Å². The van der Waals surface area contributed by atoms with E-state index >= 15 is 0 Å². The Labute approximate surface area is 245 Å². The minimum absolute atomic E-state index is 0.108. The maximum absolute atomic E-state index is 14.1. The number of ketones is 1. The molecule has 0 N–H and O–H groups in total. The molecular formula is C35H35N3O4. The Morgan fingerprint density at radius 2 is 1.79 bits per heavy atom. The summed E-state index contributed by atoms with van der Waals surface area (Å²) in [6, 6.07) is 22.4. The molecule has 1 saturated heterocycles. The van der Waals surface area contributed by atoms with Gasteiger partial charge in [-0.1, -0.05) is 55.5 Å². The number of rotatable bonds is 7. The van der Waals surface area contributed by atoms with Gasteiger partial charge in [-0.3, -0.25) is 14.4 Å². The number of pyridine rings is 2. The van der Waals surface area contributed by atoms with E-state index in [1.54, 1.807) is 4.57 Å². The van der Waals surface area contributed by atoms with Crippen LogP contribution in [0, 0.1) is 5.92 Å². The van der Waals surface area contributed by atoms with Crippen LogP contribution in [0.25, 0.3) is 22.3 Å². The second kappa shape index (κ2) is 10.6. The van der Waals surface area contributed by atoms with Crippen LogP contribution in [-0.2, 0) is 39.3 Å². The summed E-state index contributed by atoms with van der Waals surface area (Å²) in [7, 11) is 0. The monoisotopic (exact) mass is 561 g/mol. The summed E-state index contributed by atoms with van der Waals surface area (Å²) in [5, 5.41) is 1.02. The van der Waals surface area contributed by atoms with Crippen molar-refractivity contribution in [3.05, 3.63) is 99.3 Å². The van der Waals surface area contributed by atoms with E-state index < -0.39 is 11.4 Å². The van der Waals surface area contributed by atoms with E-state index in [4.69, 9.17) is 9.72 Å². The Hall–Kier alpha value is -4.10. The first-order valence-electron chi connectivity index (χ1n) is 15.1. The minimum Gasteiger partial charge on any atom is -0.460 e. The third-order valence-corrected chi connectivity index (χ3v) is 9.67. The van der Waals surface area contributed by atoms with E-state index in [9.17, 15) is 14.4 Å². The Morgan fingerprint density at radius 3 is 2.57 bits per heavy atom. The van der Waals surface area contributed by atoms with Gasteiger partial charge in [0.25, 0.3) is 5.56 Å². The average molecular weight is 562 g/mol. The molecule has 5 heterocycles. The number of fused-ring (bicyclic) bond motifs is 5. The number of hydrogen-bond acceptors (Lipinski definition) is 6. The molecule has 4 aromatic rings. The Morgan fingerprint density at radius 1 is 1.02 bits per heavy atom. The largest absolute Gasteiger partial charge is 0.460 e. The number of carbonyl (C=O) groups is 2. The molecule has 7 heteroatoms. The summed E-state index contributed by atoms with van der Waals surface area (Å²) in [4.78, 5) is 48.5. The lowest BCUT2D eigenvalue weighted by atomic mass is 9.70. The number of carbonyl (C=O) groups excluding carboxylic acids is 2. The summed E-state index contributed by atoms with van der Waals surface area (Å²) >= 11 is 0. The smallest absolute Gasteiger partial charge is 0.324 e. The number of aromatic nitrogens is 2. The summed E-state index contributed by atoms with van der Waals surface area (Å²) in [5.74, 6) is -0.0697. The van der Waals surface area contributed by atoms with E-state index in [0.717, 1.165) is 54.5 Å². The number of hydrogen-bond donors (Lipinski definition) is 0. The molecular weight excluding hydrogens is 526 g/mol. The van der Waals surface area contributed by atoms with E-state index in [1.807, 2.05) is 43.3 Å². The van der Waals surface area contributed by atoms with Gasteiger partial charge in [0.1, 0.15) is 6.61 Å². The van der Waals surface area contributed by atoms with E-state index in [1.165, 1.54) is 5.56 Å². The van der Waals surface area contributed by atoms with Crippen LogP contribution in [0.5, 0.6) is 0 Å². The third kappa shape index (κ3) is 4.38. The number of benzene rings is 2. The lowest BCUT2D eigenvalue weighted by Gasteiger charge is -2.36. The molecule has 1 atom stereocenters. The number of cyclic esters (lactones) is 1. The fourth-order valence-electron chi connectivity index (χ4n) is 7.24. The standard InChI is InChI=1S/C35H35N3O4/c1-2-35(31(39)14-17-37-15-12-24(13-16-37)18-23-8-4-3-5-9-23)28-20-30-32-26(19-25-10-6-7-11-29(25)36-32)21-38(30)33(40)27(28)22-42-34(35)41/h3-11,19-20,24H,2,12-18,21-22H2,1H3/t35-/m1/s1. The van der Waals surface area contributed by atoms with Crippen LogP contribution in [-0.4, -0.2) is 45.8 Å². The van der Waals surface area contributed by atoms with Crippen molar-refractivity contribution < 1.29 is 14.3 Å². The topological polar surface area (TPSA) is 81.5 Å². The second-order valence-electron chi connectivity index (χ2n) is 12.0. The molecule has 3 aliphatic rings. The van der Waals surface area contributed by atoms with Gasteiger partial charge < -0.3 is 14.2 Å². The first-order chi connectivity index (χ1) is 20.5. The molecule has 214 valence electrons. The molecule has 3 aliphatic heterocycles. The molecule has 0 amide bonds. The lowest BCUT2D eigenvalue weighted by Crippen LogP contribution is -2.50. The van der Waals surface area contributed by atoms with Crippen LogP contribution >= 0.6 is 0 Å². The highest BCUT2D eigenvalue weighted by atomic mass is 16.5. The lowest BCUT2D eigenvalue weighted by molar-refractivity contribution is -0.158. The van der Waals surface area contributed by atoms with Crippen LogP contribution < -0.4 is 5.56 Å². The second-order valence-corrected chi connectivity index (χ2v) is 12.0. The SMILES string of the molecule is CC[C@@]1(C(=O)CCN2CCC(Cc3ccccc3)CC2)C(=O)OCc2c1cc1n(c2=O)Cc2cc3ccccc3nc2-1. The predicted octanol–water partition coefficient (Wildman–Crippen LogP) is 5.04. The normalized spacial score (nSPS) is 20.2. The molecule has 2 aromatic carbocycles. The number of ether oxygens (including phenoxy) is 1. The molecule has 1 fully saturated rings. The fraction of sp³-hybridized carbons (Fsp3) is 0.371. The Balaban J connectivity index is 1.14. The number of nitrogens with zero attached hydrogens (tertiary/aromatic N) is 3. The molecule has 0 saturated carbocycles. The van der Waals surface area contributed by atoms with Crippen LogP contribution in [0.3, 0.4) is 0 Å². The average Bonchev–Trinajstić information content (AvgIpc) is 3.38. The van der Waals surface area contributed by atoms with E-state index in [0.29, 0.717) is 35.8 Å². The molecule has 0 spiro atoms. The molecule has 42 heavy (non-hydrogen) atoms. The van der Waals surface area contributed by atoms with Gasteiger partial charge in [-0.2, -0.15) is 0 Å². The van der Waals surface area contributed by atoms with Crippen LogP contribution in [0.1, 0.15) is 54.9 Å². The van der Waals surface area contributed by atoms with Crippen LogP contribution in [0.15, 0.2) is 71.5 Å². The van der Waals surface area contributed by atoms with E-state index in [-0.39, 0.29) is 30.8 Å². The van der Waals surface area contributed by atoms with Gasteiger partial charge in [0, 0.05) is 23.9 Å². The van der Waals surface area contributed by atoms with Crippen molar-refractivity contribution >= 4 is 22.7 Å². The molecule has 7 nitrogen and oxygen atoms in total. The van der Waals surface area contributed by atoms with Crippen molar-refractivity contribution in [3.8, 4) is 11.4 Å². The summed E-state index contributed by atoms with van der Waals surface area (Å²) in [5.41, 5.74) is 3.82. The number of esters is 1. The number of piperidine rings is 1. The Kier molecular flexibility index (Phi) is 6.77. The number of likely N-dealkylation sites (tertiary alicyclic amines) is 1. The molecule has 0 radical (unpaired) electrons. The highest BCUT2D eigenvalue weighted by Gasteiger charge is 2.52. The zero-order chi connectivity index (χ0) is 28.8. The van der Waals surface area contributed by atoms with Crippen molar-refractivity contribution in [2.75, 3.05) is 19.6 Å². The van der Waals surface area contributed by atoms with Crippen molar-refractivity contribution in [1.29, 1.82) is 0 Å². The maximum atomic E-state index is 14.1. The van der Waals surface area contributed by atoms with Gasteiger partial charge in [0.05, 0.1) is 29.0 Å². The molecule has 7 rings (SSSR count). The zero-order valence-corrected chi connectivity index (χ0v) is 24.0. The Bertz CT molecular complexity index is 1750. The fourth-order valence-corrected chi connectivity index (χ4v) is 7.24. The zero-order valence-electron chi connectivity index (χ0n) is 24.0. The predicted molar refractivity (Wildman–Crippen MR) is 161 cm³/mol. The molecule has 0 aliphatic carbocycles. The molecule has 0 bridgehead atoms. The van der Waals surface area contributed by atoms with Gasteiger partial charge in [-0.05, 0) is 74.0 Å². The van der Waals surface area contributed by atoms with Gasteiger partial charge in [-0.15, -0.1) is 0 Å². The van der Waals surface area contributed by atoms with Crippen LogP contribution in [0.2, 0.25) is 0 Å². The summed E-state index contributed by atoms with van der Waals surface area (Å²) < 4.78 is 7.28. The third-order valence-electron chi connectivity index (χ3n) is 9.67. The van der Waals surface area contributed by atoms with E-state index in [2.05, 4.69) is 35.2 Å². The van der Waals surface area contributed by atoms with Crippen molar-refractivity contribution in [2.24, 2.45) is 5.92 Å². The molecule has 2 aromatic heterocycles. The molecule has 0 unspecified atom stereocenters. The highest BCUT2D eigenvalue weighted by Crippen LogP contribution is 2.41. The van der Waals surface area contributed by atoms with Gasteiger partial charge in [-0.25, -0.2) is 4.98 Å². The summed E-state index contributed by atoms with van der Waals surface area (Å²) in [6.07, 6.45) is 3.76. The quantitative estimate of drug-likeness (QED) is 0.205. The van der Waals surface area contributed by atoms with Gasteiger partial charge >= 0.3 is 5.97 Å². The highest BCUT2D eigenvalue weighted by molar-refractivity contribution is 6.10. The first-order valence-corrected chi connectivity index (χ1v) is 15.1. The van der Waals surface area contributed by atoms with Crippen molar-refractivity contribution in [2.45, 2.75) is 57.6 Å². The van der Waals surface area contributed by atoms with Crippen LogP contribution in [0.4, 0.5) is 0 Å². The van der Waals surface area contributed by atoms with Crippen molar-refractivity contribution in [3.63, 3.8) is 0 Å². The summed E-state index contributed by atoms with van der Waals surface area (Å²) in [6.45, 7) is 4.63. The minimum atomic E-state index is -1.48.